The molecule has 0 aliphatic carbocycles. The number of alkyl halides is 3. The summed E-state index contributed by atoms with van der Waals surface area (Å²) < 4.78 is 38.7. The highest BCUT2D eigenvalue weighted by atomic mass is 32.2. The van der Waals surface area contributed by atoms with Gasteiger partial charge in [0, 0.05) is 41.9 Å². The molecule has 0 spiro atoms. The number of likely N-dealkylation sites (tertiary alicyclic amines) is 1. The number of carbonyl (C=O) groups is 2. The summed E-state index contributed by atoms with van der Waals surface area (Å²) in [5, 5.41) is 0. The second kappa shape index (κ2) is 8.77. The maximum absolute atomic E-state index is 12.9. The minimum atomic E-state index is -4.49. The van der Waals surface area contributed by atoms with Crippen LogP contribution in [0.15, 0.2) is 53.7 Å². The van der Waals surface area contributed by atoms with E-state index in [0.717, 1.165) is 17.0 Å². The van der Waals surface area contributed by atoms with E-state index in [1.165, 1.54) is 23.9 Å². The summed E-state index contributed by atoms with van der Waals surface area (Å²) in [6, 6.07) is 8.11. The number of hydrogen-bond donors (Lipinski definition) is 0. The Kier molecular flexibility index (Phi) is 6.39. The molecule has 1 aliphatic rings. The molecule has 28 heavy (non-hydrogen) atoms. The lowest BCUT2D eigenvalue weighted by Gasteiger charge is -2.32. The van der Waals surface area contributed by atoms with Crippen LogP contribution in [0.25, 0.3) is 0 Å². The van der Waals surface area contributed by atoms with Crippen molar-refractivity contribution in [3.05, 3.63) is 59.9 Å². The van der Waals surface area contributed by atoms with Crippen LogP contribution < -0.4 is 0 Å². The number of amides is 1. The van der Waals surface area contributed by atoms with Crippen LogP contribution in [0.3, 0.4) is 0 Å². The lowest BCUT2D eigenvalue weighted by Crippen LogP contribution is -2.43. The molecule has 2 aromatic rings. The molecule has 1 saturated heterocycles. The SMILES string of the molecule is O=C(c1cccc(C(F)(F)F)c1)[C@H]1CCCN(C(=O)CSc2ccncc2)C1. The quantitative estimate of drug-likeness (QED) is 0.546. The Bertz CT molecular complexity index is 843. The average molecular weight is 408 g/mol. The van der Waals surface area contributed by atoms with Crippen molar-refractivity contribution in [1.29, 1.82) is 0 Å². The standard InChI is InChI=1S/C20H19F3N2O2S/c21-20(22,23)16-5-1-3-14(11-16)19(27)15-4-2-10-25(12-15)18(26)13-28-17-6-8-24-9-7-17/h1,3,5-9,11,15H,2,4,10,12-13H2/t15-/m0/s1. The van der Waals surface area contributed by atoms with E-state index in [-0.39, 0.29) is 29.6 Å². The molecule has 0 unspecified atom stereocenters. The van der Waals surface area contributed by atoms with Crippen LogP contribution in [0.2, 0.25) is 0 Å². The van der Waals surface area contributed by atoms with Gasteiger partial charge in [-0.2, -0.15) is 13.2 Å². The van der Waals surface area contributed by atoms with Gasteiger partial charge in [0.05, 0.1) is 11.3 Å². The molecular formula is C20H19F3N2O2S. The predicted molar refractivity (Wildman–Crippen MR) is 100 cm³/mol. The number of piperidine rings is 1. The summed E-state index contributed by atoms with van der Waals surface area (Å²) in [6.45, 7) is 0.799. The van der Waals surface area contributed by atoms with E-state index in [9.17, 15) is 22.8 Å². The molecule has 148 valence electrons. The molecule has 0 radical (unpaired) electrons. The summed E-state index contributed by atoms with van der Waals surface area (Å²) in [4.78, 5) is 31.7. The maximum atomic E-state index is 12.9. The van der Waals surface area contributed by atoms with Gasteiger partial charge >= 0.3 is 6.18 Å². The number of nitrogens with zero attached hydrogens (tertiary/aromatic N) is 2. The number of aromatic nitrogens is 1. The summed E-state index contributed by atoms with van der Waals surface area (Å²) in [5.41, 5.74) is -0.795. The van der Waals surface area contributed by atoms with Gasteiger partial charge in [0.2, 0.25) is 5.91 Å². The van der Waals surface area contributed by atoms with Crippen molar-refractivity contribution in [2.75, 3.05) is 18.8 Å². The fraction of sp³-hybridized carbons (Fsp3) is 0.350. The molecule has 1 amide bonds. The molecule has 0 bridgehead atoms. The van der Waals surface area contributed by atoms with Crippen molar-refractivity contribution in [3.8, 4) is 0 Å². The van der Waals surface area contributed by atoms with Crippen molar-refractivity contribution in [2.45, 2.75) is 23.9 Å². The second-order valence-corrected chi connectivity index (χ2v) is 7.64. The zero-order valence-electron chi connectivity index (χ0n) is 15.0. The van der Waals surface area contributed by atoms with Gasteiger partial charge in [0.15, 0.2) is 5.78 Å². The van der Waals surface area contributed by atoms with Crippen LogP contribution in [0, 0.1) is 5.92 Å². The highest BCUT2D eigenvalue weighted by molar-refractivity contribution is 8.00. The number of pyridine rings is 1. The predicted octanol–water partition coefficient (Wildman–Crippen LogP) is 4.31. The smallest absolute Gasteiger partial charge is 0.341 e. The Labute approximate surface area is 165 Å². The van der Waals surface area contributed by atoms with Gasteiger partial charge in [0.1, 0.15) is 0 Å². The van der Waals surface area contributed by atoms with Gasteiger partial charge < -0.3 is 4.90 Å². The van der Waals surface area contributed by atoms with Gasteiger partial charge in [-0.25, -0.2) is 0 Å². The third kappa shape index (κ3) is 5.13. The van der Waals surface area contributed by atoms with Crippen LogP contribution in [0.5, 0.6) is 0 Å². The lowest BCUT2D eigenvalue weighted by molar-refractivity contribution is -0.137. The minimum absolute atomic E-state index is 0.0419. The van der Waals surface area contributed by atoms with E-state index in [4.69, 9.17) is 0 Å². The number of benzene rings is 1. The third-order valence-corrected chi connectivity index (χ3v) is 5.63. The van der Waals surface area contributed by atoms with Crippen LogP contribution in [-0.4, -0.2) is 40.4 Å². The van der Waals surface area contributed by atoms with E-state index in [2.05, 4.69) is 4.98 Å². The maximum Gasteiger partial charge on any atom is 0.416 e. The van der Waals surface area contributed by atoms with Gasteiger partial charge in [-0.05, 0) is 37.1 Å². The molecular weight excluding hydrogens is 389 g/mol. The first kappa shape index (κ1) is 20.4. The molecule has 2 heterocycles. The Morgan fingerprint density at radius 1 is 1.18 bits per heavy atom. The highest BCUT2D eigenvalue weighted by Crippen LogP contribution is 2.31. The summed E-state index contributed by atoms with van der Waals surface area (Å²) in [6.07, 6.45) is 0.0291. The molecule has 1 atom stereocenters. The highest BCUT2D eigenvalue weighted by Gasteiger charge is 2.33. The molecule has 3 rings (SSSR count). The van der Waals surface area contributed by atoms with E-state index in [0.29, 0.717) is 19.4 Å². The van der Waals surface area contributed by atoms with Crippen LogP contribution in [0.4, 0.5) is 13.2 Å². The first-order valence-electron chi connectivity index (χ1n) is 8.86. The molecule has 4 nitrogen and oxygen atoms in total. The molecule has 1 aromatic carbocycles. The summed E-state index contributed by atoms with van der Waals surface area (Å²) in [7, 11) is 0. The van der Waals surface area contributed by atoms with Crippen LogP contribution >= 0.6 is 11.8 Å². The van der Waals surface area contributed by atoms with Gasteiger partial charge in [-0.3, -0.25) is 14.6 Å². The second-order valence-electron chi connectivity index (χ2n) is 6.59. The first-order valence-corrected chi connectivity index (χ1v) is 9.85. The third-order valence-electron chi connectivity index (χ3n) is 4.63. The number of rotatable bonds is 5. The molecule has 8 heteroatoms. The van der Waals surface area contributed by atoms with E-state index in [1.54, 1.807) is 17.3 Å². The Morgan fingerprint density at radius 3 is 2.64 bits per heavy atom. The van der Waals surface area contributed by atoms with Crippen molar-refractivity contribution in [3.63, 3.8) is 0 Å². The van der Waals surface area contributed by atoms with Gasteiger partial charge in [0.25, 0.3) is 0 Å². The van der Waals surface area contributed by atoms with Crippen LogP contribution in [-0.2, 0) is 11.0 Å². The summed E-state index contributed by atoms with van der Waals surface area (Å²) in [5.74, 6) is -0.657. The normalized spacial score (nSPS) is 17.4. The number of Topliss-reactive ketones (excluding diaryl/α,β-unsaturated/α-hetero) is 1. The molecule has 0 N–H and O–H groups in total. The van der Waals surface area contributed by atoms with Crippen molar-refractivity contribution >= 4 is 23.5 Å². The minimum Gasteiger partial charge on any atom is -0.341 e. The number of ketones is 1. The lowest BCUT2D eigenvalue weighted by atomic mass is 9.89. The van der Waals surface area contributed by atoms with Crippen molar-refractivity contribution in [1.82, 2.24) is 9.88 Å². The molecule has 1 fully saturated rings. The topological polar surface area (TPSA) is 50.3 Å². The molecule has 1 aromatic heterocycles. The Balaban J connectivity index is 1.62. The first-order chi connectivity index (χ1) is 13.3. The van der Waals surface area contributed by atoms with Crippen molar-refractivity contribution < 1.29 is 22.8 Å². The fourth-order valence-corrected chi connectivity index (χ4v) is 3.96. The van der Waals surface area contributed by atoms with Crippen molar-refractivity contribution in [2.24, 2.45) is 5.92 Å². The zero-order valence-corrected chi connectivity index (χ0v) is 15.8. The molecule has 1 aliphatic heterocycles. The Morgan fingerprint density at radius 2 is 1.93 bits per heavy atom. The number of hydrogen-bond acceptors (Lipinski definition) is 4. The number of halogens is 3. The Hall–Kier alpha value is -2.35. The molecule has 0 saturated carbocycles. The van der Waals surface area contributed by atoms with E-state index in [1.807, 2.05) is 12.1 Å². The summed E-state index contributed by atoms with van der Waals surface area (Å²) >= 11 is 1.39. The van der Waals surface area contributed by atoms with Gasteiger partial charge in [-0.1, -0.05) is 12.1 Å². The van der Waals surface area contributed by atoms with E-state index < -0.39 is 17.7 Å². The average Bonchev–Trinajstić information content (AvgIpc) is 2.72. The van der Waals surface area contributed by atoms with E-state index >= 15 is 0 Å². The van der Waals surface area contributed by atoms with Gasteiger partial charge in [-0.15, -0.1) is 11.8 Å². The fourth-order valence-electron chi connectivity index (χ4n) is 3.17. The largest absolute Gasteiger partial charge is 0.416 e. The van der Waals surface area contributed by atoms with Crippen LogP contribution in [0.1, 0.15) is 28.8 Å². The number of carbonyl (C=O) groups excluding carboxylic acids is 2. The number of thioether (sulfide) groups is 1. The monoisotopic (exact) mass is 408 g/mol. The zero-order chi connectivity index (χ0) is 20.1.